The fourth-order valence-electron chi connectivity index (χ4n) is 3.11. The van der Waals surface area contributed by atoms with Gasteiger partial charge in [-0.05, 0) is 30.9 Å². The van der Waals surface area contributed by atoms with Crippen molar-refractivity contribution < 1.29 is 4.79 Å². The Morgan fingerprint density at radius 3 is 2.82 bits per heavy atom. The Hall–Kier alpha value is -0.850. The number of nitrogens with one attached hydrogen (secondary N) is 2. The smallest absolute Gasteiger partial charge is 0.241 e. The number of hydrazine groups is 1. The lowest BCUT2D eigenvalue weighted by molar-refractivity contribution is -0.134. The molecular formula is C15H22Cl2N4O. The molecule has 1 amide bonds. The molecule has 1 aromatic rings. The second kappa shape index (κ2) is 7.62. The Morgan fingerprint density at radius 1 is 1.32 bits per heavy atom. The number of nitrogens with zero attached hydrogens (tertiary/aromatic N) is 1. The van der Waals surface area contributed by atoms with E-state index in [1.54, 1.807) is 0 Å². The van der Waals surface area contributed by atoms with Gasteiger partial charge >= 0.3 is 0 Å². The molecule has 0 aliphatic carbocycles. The van der Waals surface area contributed by atoms with Gasteiger partial charge in [-0.15, -0.1) is 12.4 Å². The summed E-state index contributed by atoms with van der Waals surface area (Å²) in [6, 6.07) is 7.69. The number of benzene rings is 1. The van der Waals surface area contributed by atoms with E-state index in [4.69, 9.17) is 17.3 Å². The van der Waals surface area contributed by atoms with Gasteiger partial charge in [0.15, 0.2) is 0 Å². The zero-order valence-electron chi connectivity index (χ0n) is 12.3. The average Bonchev–Trinajstić information content (AvgIpc) is 2.96. The normalized spacial score (nSPS) is 28.3. The van der Waals surface area contributed by atoms with E-state index in [0.29, 0.717) is 13.0 Å². The fourth-order valence-corrected chi connectivity index (χ4v) is 3.38. The molecule has 22 heavy (non-hydrogen) atoms. The summed E-state index contributed by atoms with van der Waals surface area (Å²) in [6.07, 6.45) is 2.69. The predicted molar refractivity (Wildman–Crippen MR) is 89.9 cm³/mol. The summed E-state index contributed by atoms with van der Waals surface area (Å²) in [7, 11) is 0. The third-order valence-electron chi connectivity index (χ3n) is 4.25. The van der Waals surface area contributed by atoms with Gasteiger partial charge in [0.25, 0.3) is 0 Å². The number of likely N-dealkylation sites (tertiary alicyclic amines) is 1. The Balaban J connectivity index is 0.00000176. The highest BCUT2D eigenvalue weighted by Crippen LogP contribution is 2.29. The number of nitrogens with two attached hydrogens (primary N) is 1. The molecule has 0 bridgehead atoms. The fraction of sp³-hybridized carbons (Fsp3) is 0.533. The maximum Gasteiger partial charge on any atom is 0.241 e. The van der Waals surface area contributed by atoms with E-state index >= 15 is 0 Å². The van der Waals surface area contributed by atoms with Crippen LogP contribution in [-0.4, -0.2) is 36.0 Å². The van der Waals surface area contributed by atoms with E-state index in [-0.39, 0.29) is 36.4 Å². The number of hydrogen-bond acceptors (Lipinski definition) is 4. The molecule has 2 fully saturated rings. The van der Waals surface area contributed by atoms with Crippen molar-refractivity contribution in [1.82, 2.24) is 15.8 Å². The van der Waals surface area contributed by atoms with Crippen LogP contribution in [0.3, 0.4) is 0 Å². The molecule has 5 nitrogen and oxygen atoms in total. The standard InChI is InChI=1S/C15H21ClN4O.ClH/c16-12-6-2-1-5-11(12)13-8-14(19-18-13)15(21)20-7-3-4-10(17)9-20;/h1-2,5-6,10,13-14,18-19H,3-4,7-9,17H2;1H. The minimum absolute atomic E-state index is 0. The van der Waals surface area contributed by atoms with Crippen molar-refractivity contribution in [3.63, 3.8) is 0 Å². The van der Waals surface area contributed by atoms with Crippen LogP contribution in [-0.2, 0) is 4.79 Å². The van der Waals surface area contributed by atoms with Gasteiger partial charge in [-0.3, -0.25) is 4.79 Å². The number of piperidine rings is 1. The van der Waals surface area contributed by atoms with E-state index in [9.17, 15) is 4.79 Å². The first-order valence-electron chi connectivity index (χ1n) is 7.45. The molecule has 2 aliphatic rings. The van der Waals surface area contributed by atoms with Crippen LogP contribution in [0.4, 0.5) is 0 Å². The van der Waals surface area contributed by atoms with Crippen molar-refractivity contribution in [3.8, 4) is 0 Å². The van der Waals surface area contributed by atoms with Crippen LogP contribution in [0.2, 0.25) is 5.02 Å². The maximum atomic E-state index is 12.5. The van der Waals surface area contributed by atoms with Crippen LogP contribution < -0.4 is 16.6 Å². The quantitative estimate of drug-likeness (QED) is 0.762. The van der Waals surface area contributed by atoms with E-state index in [0.717, 1.165) is 30.0 Å². The number of amides is 1. The Morgan fingerprint density at radius 2 is 2.09 bits per heavy atom. The molecular weight excluding hydrogens is 323 g/mol. The second-order valence-corrected chi connectivity index (χ2v) is 6.24. The summed E-state index contributed by atoms with van der Waals surface area (Å²) in [4.78, 5) is 14.4. The lowest BCUT2D eigenvalue weighted by Crippen LogP contribution is -2.51. The zero-order valence-corrected chi connectivity index (χ0v) is 13.9. The van der Waals surface area contributed by atoms with Crippen molar-refractivity contribution in [2.24, 2.45) is 5.73 Å². The molecule has 0 radical (unpaired) electrons. The SMILES string of the molecule is Cl.NC1CCCN(C(=O)C2CC(c3ccccc3Cl)NN2)C1. The van der Waals surface area contributed by atoms with Gasteiger partial charge in [0, 0.05) is 30.2 Å². The molecule has 2 saturated heterocycles. The molecule has 3 rings (SSSR count). The molecule has 0 aromatic heterocycles. The van der Waals surface area contributed by atoms with E-state index in [1.165, 1.54) is 0 Å². The Bertz CT molecular complexity index is 528. The van der Waals surface area contributed by atoms with Crippen LogP contribution in [0, 0.1) is 0 Å². The highest BCUT2D eigenvalue weighted by molar-refractivity contribution is 6.31. The molecule has 3 atom stereocenters. The molecule has 122 valence electrons. The minimum Gasteiger partial charge on any atom is -0.340 e. The highest BCUT2D eigenvalue weighted by Gasteiger charge is 2.34. The summed E-state index contributed by atoms with van der Waals surface area (Å²) >= 11 is 6.22. The van der Waals surface area contributed by atoms with Gasteiger partial charge in [-0.25, -0.2) is 10.9 Å². The van der Waals surface area contributed by atoms with Crippen molar-refractivity contribution in [2.75, 3.05) is 13.1 Å². The highest BCUT2D eigenvalue weighted by atomic mass is 35.5. The number of rotatable bonds is 2. The van der Waals surface area contributed by atoms with Gasteiger partial charge in [-0.1, -0.05) is 29.8 Å². The Labute approximate surface area is 141 Å². The van der Waals surface area contributed by atoms with Crippen molar-refractivity contribution in [3.05, 3.63) is 34.9 Å². The van der Waals surface area contributed by atoms with Gasteiger partial charge in [0.05, 0.1) is 0 Å². The first-order valence-corrected chi connectivity index (χ1v) is 7.83. The molecule has 0 saturated carbocycles. The van der Waals surface area contributed by atoms with Crippen LogP contribution in [0.25, 0.3) is 0 Å². The summed E-state index contributed by atoms with van der Waals surface area (Å²) in [6.45, 7) is 1.47. The van der Waals surface area contributed by atoms with Crippen molar-refractivity contribution in [2.45, 2.75) is 37.4 Å². The van der Waals surface area contributed by atoms with Gasteiger partial charge in [0.2, 0.25) is 5.91 Å². The summed E-state index contributed by atoms with van der Waals surface area (Å²) in [5.74, 6) is 0.132. The monoisotopic (exact) mass is 344 g/mol. The van der Waals surface area contributed by atoms with Crippen LogP contribution >= 0.6 is 24.0 Å². The number of halogens is 2. The molecule has 0 spiro atoms. The molecule has 1 aromatic carbocycles. The topological polar surface area (TPSA) is 70.4 Å². The molecule has 7 heteroatoms. The third kappa shape index (κ3) is 3.73. The Kier molecular flexibility index (Phi) is 6.06. The van der Waals surface area contributed by atoms with Crippen LogP contribution in [0.15, 0.2) is 24.3 Å². The van der Waals surface area contributed by atoms with E-state index in [1.807, 2.05) is 29.2 Å². The first kappa shape index (κ1) is 17.5. The second-order valence-electron chi connectivity index (χ2n) is 5.84. The zero-order chi connectivity index (χ0) is 14.8. The first-order chi connectivity index (χ1) is 10.1. The summed E-state index contributed by atoms with van der Waals surface area (Å²) in [5, 5.41) is 0.727. The van der Waals surface area contributed by atoms with Crippen LogP contribution in [0.1, 0.15) is 30.9 Å². The maximum absolute atomic E-state index is 12.5. The molecule has 3 unspecified atom stereocenters. The van der Waals surface area contributed by atoms with Gasteiger partial charge in [-0.2, -0.15) is 0 Å². The molecule has 2 heterocycles. The van der Waals surface area contributed by atoms with E-state index in [2.05, 4.69) is 10.9 Å². The minimum atomic E-state index is -0.212. The number of carbonyl (C=O) groups excluding carboxylic acids is 1. The van der Waals surface area contributed by atoms with Gasteiger partial charge < -0.3 is 10.6 Å². The predicted octanol–water partition coefficient (Wildman–Crippen LogP) is 1.62. The summed E-state index contributed by atoms with van der Waals surface area (Å²) in [5.41, 5.74) is 13.3. The lowest BCUT2D eigenvalue weighted by atomic mass is 10.00. The largest absolute Gasteiger partial charge is 0.340 e. The van der Waals surface area contributed by atoms with E-state index < -0.39 is 0 Å². The lowest BCUT2D eigenvalue weighted by Gasteiger charge is -2.32. The number of carbonyl (C=O) groups is 1. The molecule has 4 N–H and O–H groups in total. The molecule has 2 aliphatic heterocycles. The third-order valence-corrected chi connectivity index (χ3v) is 4.60. The summed E-state index contributed by atoms with van der Waals surface area (Å²) < 4.78 is 0. The van der Waals surface area contributed by atoms with Crippen LogP contribution in [0.5, 0.6) is 0 Å². The van der Waals surface area contributed by atoms with Crippen molar-refractivity contribution >= 4 is 29.9 Å². The van der Waals surface area contributed by atoms with Gasteiger partial charge in [0.1, 0.15) is 6.04 Å². The number of hydrogen-bond donors (Lipinski definition) is 3. The average molecular weight is 345 g/mol. The van der Waals surface area contributed by atoms with Crippen molar-refractivity contribution in [1.29, 1.82) is 0 Å².